The van der Waals surface area contributed by atoms with Crippen LogP contribution in [0.2, 0.25) is 0 Å². The number of hydrogen-bond acceptors (Lipinski definition) is 2. The summed E-state index contributed by atoms with van der Waals surface area (Å²) < 4.78 is 0. The molecule has 0 aromatic carbocycles. The Balaban J connectivity index is 2.09. The largest absolute Gasteiger partial charge is 0.408 e. The Morgan fingerprint density at radius 2 is 2.08 bits per heavy atom. The molecule has 2 unspecified atom stereocenters. The van der Waals surface area contributed by atoms with E-state index in [0.29, 0.717) is 12.0 Å². The lowest BCUT2D eigenvalue weighted by Crippen LogP contribution is -2.49. The number of piperidine rings is 1. The summed E-state index contributed by atoms with van der Waals surface area (Å²) in [4.78, 5) is 2.07. The second kappa shape index (κ2) is 3.44. The average molecular weight is 183 g/mol. The number of guanidine groups is 1. The molecule has 1 aliphatic carbocycles. The van der Waals surface area contributed by atoms with Crippen molar-refractivity contribution in [3.63, 3.8) is 0 Å². The minimum Gasteiger partial charge on any atom is -0.408 e. The number of likely N-dealkylation sites (tertiary alicyclic amines) is 1. The predicted molar refractivity (Wildman–Crippen MR) is 50.5 cm³/mol. The molecule has 0 radical (unpaired) electrons. The van der Waals surface area contributed by atoms with E-state index in [9.17, 15) is 0 Å². The standard InChI is InChI=1S/C9H17N3O/c10-9(11-13)12-6-2-4-7-3-1-5-8(7)12/h7-8,13H,1-6H2,(H2,10,11). The third-order valence-corrected chi connectivity index (χ3v) is 3.39. The molecule has 0 spiro atoms. The summed E-state index contributed by atoms with van der Waals surface area (Å²) in [6, 6.07) is 0.546. The van der Waals surface area contributed by atoms with Crippen LogP contribution in [-0.4, -0.2) is 28.7 Å². The van der Waals surface area contributed by atoms with Gasteiger partial charge in [-0.25, -0.2) is 0 Å². The van der Waals surface area contributed by atoms with Gasteiger partial charge in [0, 0.05) is 12.6 Å². The molecule has 3 N–H and O–H groups in total. The van der Waals surface area contributed by atoms with Crippen LogP contribution in [0.3, 0.4) is 0 Å². The van der Waals surface area contributed by atoms with Gasteiger partial charge in [0.2, 0.25) is 5.96 Å². The molecular weight excluding hydrogens is 166 g/mol. The van der Waals surface area contributed by atoms with Crippen LogP contribution in [0.15, 0.2) is 5.16 Å². The fraction of sp³-hybridized carbons (Fsp3) is 0.889. The molecule has 0 aromatic rings. The van der Waals surface area contributed by atoms with Crippen molar-refractivity contribution in [1.29, 1.82) is 0 Å². The second-order valence-electron chi connectivity index (χ2n) is 4.05. The summed E-state index contributed by atoms with van der Waals surface area (Å²) in [5.74, 6) is 1.09. The van der Waals surface area contributed by atoms with Crippen LogP contribution < -0.4 is 5.73 Å². The maximum atomic E-state index is 8.63. The first-order valence-corrected chi connectivity index (χ1v) is 5.07. The molecule has 13 heavy (non-hydrogen) atoms. The molecule has 0 aromatic heterocycles. The van der Waals surface area contributed by atoms with Gasteiger partial charge >= 0.3 is 0 Å². The minimum absolute atomic E-state index is 0.302. The molecule has 2 atom stereocenters. The van der Waals surface area contributed by atoms with Gasteiger partial charge in [-0.3, -0.25) is 0 Å². The van der Waals surface area contributed by atoms with Crippen LogP contribution in [0, 0.1) is 5.92 Å². The van der Waals surface area contributed by atoms with Crippen molar-refractivity contribution >= 4 is 5.96 Å². The van der Waals surface area contributed by atoms with Crippen molar-refractivity contribution < 1.29 is 5.21 Å². The Morgan fingerprint density at radius 1 is 1.31 bits per heavy atom. The van der Waals surface area contributed by atoms with Crippen LogP contribution in [-0.2, 0) is 0 Å². The highest BCUT2D eigenvalue weighted by Gasteiger charge is 2.35. The smallest absolute Gasteiger partial charge is 0.233 e. The zero-order chi connectivity index (χ0) is 9.26. The second-order valence-corrected chi connectivity index (χ2v) is 4.05. The fourth-order valence-corrected chi connectivity index (χ4v) is 2.80. The molecule has 4 heteroatoms. The Kier molecular flexibility index (Phi) is 2.29. The van der Waals surface area contributed by atoms with Crippen LogP contribution >= 0.6 is 0 Å². The van der Waals surface area contributed by atoms with E-state index < -0.39 is 0 Å². The van der Waals surface area contributed by atoms with Gasteiger partial charge in [0.25, 0.3) is 0 Å². The molecular formula is C9H17N3O. The average Bonchev–Trinajstić information content (AvgIpc) is 2.63. The van der Waals surface area contributed by atoms with Crippen molar-refractivity contribution in [2.24, 2.45) is 16.8 Å². The molecule has 74 valence electrons. The molecule has 1 saturated heterocycles. The lowest BCUT2D eigenvalue weighted by atomic mass is 9.92. The monoisotopic (exact) mass is 183 g/mol. The van der Waals surface area contributed by atoms with Crippen molar-refractivity contribution in [1.82, 2.24) is 4.90 Å². The summed E-state index contributed by atoms with van der Waals surface area (Å²) in [7, 11) is 0. The SMILES string of the molecule is NC(=NO)N1CCCC2CCCC21. The molecule has 0 bridgehead atoms. The zero-order valence-corrected chi connectivity index (χ0v) is 7.82. The topological polar surface area (TPSA) is 61.9 Å². The Hall–Kier alpha value is -0.930. The first-order valence-electron chi connectivity index (χ1n) is 5.07. The van der Waals surface area contributed by atoms with E-state index in [0.717, 1.165) is 12.5 Å². The predicted octanol–water partition coefficient (Wildman–Crippen LogP) is 0.955. The van der Waals surface area contributed by atoms with Crippen LogP contribution in [0.5, 0.6) is 0 Å². The lowest BCUT2D eigenvalue weighted by molar-refractivity contribution is 0.180. The molecule has 1 saturated carbocycles. The molecule has 2 aliphatic rings. The molecule has 0 amide bonds. The normalized spacial score (nSPS) is 34.8. The van der Waals surface area contributed by atoms with Gasteiger partial charge < -0.3 is 15.8 Å². The first-order chi connectivity index (χ1) is 6.33. The fourth-order valence-electron chi connectivity index (χ4n) is 2.80. The van der Waals surface area contributed by atoms with Crippen molar-refractivity contribution in [2.45, 2.75) is 38.1 Å². The summed E-state index contributed by atoms with van der Waals surface area (Å²) in [6.07, 6.45) is 6.32. The zero-order valence-electron chi connectivity index (χ0n) is 7.82. The van der Waals surface area contributed by atoms with Crippen molar-refractivity contribution in [3.05, 3.63) is 0 Å². The van der Waals surface area contributed by atoms with Crippen molar-refractivity contribution in [2.75, 3.05) is 6.54 Å². The highest BCUT2D eigenvalue weighted by atomic mass is 16.4. The molecule has 1 aliphatic heterocycles. The number of nitrogens with zero attached hydrogens (tertiary/aromatic N) is 2. The Bertz CT molecular complexity index is 217. The maximum Gasteiger partial charge on any atom is 0.233 e. The van der Waals surface area contributed by atoms with E-state index in [1.165, 1.54) is 32.1 Å². The van der Waals surface area contributed by atoms with Crippen LogP contribution in [0.1, 0.15) is 32.1 Å². The number of fused-ring (bicyclic) bond motifs is 1. The van der Waals surface area contributed by atoms with E-state index in [1.54, 1.807) is 0 Å². The van der Waals surface area contributed by atoms with Gasteiger partial charge in [-0.2, -0.15) is 0 Å². The lowest BCUT2D eigenvalue weighted by Gasteiger charge is -2.37. The third kappa shape index (κ3) is 1.45. The van der Waals surface area contributed by atoms with Crippen LogP contribution in [0.4, 0.5) is 0 Å². The minimum atomic E-state index is 0.302. The Morgan fingerprint density at radius 3 is 2.85 bits per heavy atom. The number of oxime groups is 1. The molecule has 1 heterocycles. The summed E-state index contributed by atoms with van der Waals surface area (Å²) in [5.41, 5.74) is 5.63. The summed E-state index contributed by atoms with van der Waals surface area (Å²) in [6.45, 7) is 0.955. The van der Waals surface area contributed by atoms with E-state index >= 15 is 0 Å². The van der Waals surface area contributed by atoms with Gasteiger partial charge in [-0.05, 0) is 31.6 Å². The molecule has 4 nitrogen and oxygen atoms in total. The summed E-state index contributed by atoms with van der Waals surface area (Å²) >= 11 is 0. The van der Waals surface area contributed by atoms with Gasteiger partial charge in [-0.1, -0.05) is 11.6 Å². The number of nitrogens with two attached hydrogens (primary N) is 1. The first kappa shape index (κ1) is 8.66. The quantitative estimate of drug-likeness (QED) is 0.254. The third-order valence-electron chi connectivity index (χ3n) is 3.39. The molecule has 2 fully saturated rings. The maximum absolute atomic E-state index is 8.63. The highest BCUT2D eigenvalue weighted by Crippen LogP contribution is 2.36. The highest BCUT2D eigenvalue weighted by molar-refractivity contribution is 5.77. The van der Waals surface area contributed by atoms with Gasteiger partial charge in [-0.15, -0.1) is 0 Å². The van der Waals surface area contributed by atoms with E-state index in [2.05, 4.69) is 10.1 Å². The van der Waals surface area contributed by atoms with Crippen LogP contribution in [0.25, 0.3) is 0 Å². The van der Waals surface area contributed by atoms with E-state index in [4.69, 9.17) is 10.9 Å². The van der Waals surface area contributed by atoms with Gasteiger partial charge in [0.15, 0.2) is 0 Å². The van der Waals surface area contributed by atoms with Gasteiger partial charge in [0.1, 0.15) is 0 Å². The Labute approximate surface area is 78.4 Å². The van der Waals surface area contributed by atoms with E-state index in [-0.39, 0.29) is 0 Å². The molecule has 2 rings (SSSR count). The van der Waals surface area contributed by atoms with E-state index in [1.807, 2.05) is 0 Å². The summed E-state index contributed by atoms with van der Waals surface area (Å²) in [5, 5.41) is 11.7. The van der Waals surface area contributed by atoms with Gasteiger partial charge in [0.05, 0.1) is 0 Å². The number of rotatable bonds is 0. The number of hydrogen-bond donors (Lipinski definition) is 2. The van der Waals surface area contributed by atoms with Crippen molar-refractivity contribution in [3.8, 4) is 0 Å².